The molecule has 0 aliphatic heterocycles. The van der Waals surface area contributed by atoms with Crippen molar-refractivity contribution in [2.75, 3.05) is 0 Å². The fraction of sp³-hybridized carbons (Fsp3) is 0.333. The van der Waals surface area contributed by atoms with E-state index in [-0.39, 0.29) is 29.6 Å². The minimum atomic E-state index is -0.306. The molecule has 3 N–H and O–H groups in total. The van der Waals surface area contributed by atoms with Crippen molar-refractivity contribution in [1.82, 2.24) is 10.3 Å². The summed E-state index contributed by atoms with van der Waals surface area (Å²) < 4.78 is 5.42. The Morgan fingerprint density at radius 1 is 1.19 bits per heavy atom. The summed E-state index contributed by atoms with van der Waals surface area (Å²) in [7, 11) is 0. The molecule has 0 fully saturated rings. The number of hydrogen-bond acceptors (Lipinski definition) is 4. The molecule has 1 heterocycles. The first-order valence-electron chi connectivity index (χ1n) is 9.00. The van der Waals surface area contributed by atoms with E-state index in [0.29, 0.717) is 5.89 Å². The Labute approximate surface area is 153 Å². The van der Waals surface area contributed by atoms with Crippen molar-refractivity contribution >= 4 is 16.7 Å². The fourth-order valence-electron chi connectivity index (χ4n) is 2.87. The molecule has 0 saturated heterocycles. The zero-order chi connectivity index (χ0) is 18.7. The Morgan fingerprint density at radius 3 is 2.65 bits per heavy atom. The molecule has 0 aliphatic rings. The first kappa shape index (κ1) is 18.1. The molecule has 26 heavy (non-hydrogen) atoms. The molecule has 1 aromatic heterocycles. The van der Waals surface area contributed by atoms with E-state index in [0.717, 1.165) is 17.4 Å². The van der Waals surface area contributed by atoms with Crippen LogP contribution in [0.3, 0.4) is 0 Å². The maximum absolute atomic E-state index is 12.5. The molecule has 0 aliphatic carbocycles. The summed E-state index contributed by atoms with van der Waals surface area (Å²) >= 11 is 0. The number of rotatable bonds is 6. The predicted molar refractivity (Wildman–Crippen MR) is 103 cm³/mol. The molecular formula is C21H25N3O2. The zero-order valence-electron chi connectivity index (χ0n) is 15.4. The molecule has 136 valence electrons. The number of aromatic nitrogens is 1. The quantitative estimate of drug-likeness (QED) is 0.691. The van der Waals surface area contributed by atoms with Gasteiger partial charge in [0.2, 0.25) is 5.89 Å². The predicted octanol–water partition coefficient (Wildman–Crippen LogP) is 4.36. The van der Waals surface area contributed by atoms with Crippen molar-refractivity contribution in [2.45, 2.75) is 39.3 Å². The Morgan fingerprint density at radius 2 is 1.92 bits per heavy atom. The summed E-state index contributed by atoms with van der Waals surface area (Å²) in [6.45, 7) is 6.05. The molecule has 3 aromatic rings. The third-order valence-corrected chi connectivity index (χ3v) is 4.92. The van der Waals surface area contributed by atoms with Gasteiger partial charge in [0.1, 0.15) is 6.26 Å². The van der Waals surface area contributed by atoms with Crippen molar-refractivity contribution in [3.05, 3.63) is 65.9 Å². The Balaban J connectivity index is 1.71. The van der Waals surface area contributed by atoms with Gasteiger partial charge in [0, 0.05) is 0 Å². The van der Waals surface area contributed by atoms with Crippen molar-refractivity contribution in [3.63, 3.8) is 0 Å². The van der Waals surface area contributed by atoms with Crippen molar-refractivity contribution in [1.29, 1.82) is 0 Å². The highest BCUT2D eigenvalue weighted by Gasteiger charge is 2.21. The van der Waals surface area contributed by atoms with Gasteiger partial charge in [-0.05, 0) is 35.2 Å². The van der Waals surface area contributed by atoms with Crippen LogP contribution in [0.15, 0.2) is 53.1 Å². The standard InChI is InChI=1S/C21H25N3O2/c1-4-13(2)19(22)21-24-18(12-26-21)20(25)23-14(3)16-10-9-15-7-5-6-8-17(15)11-16/h5-14,19H,4,22H2,1-3H3,(H,23,25). The number of benzene rings is 2. The van der Waals surface area contributed by atoms with Gasteiger partial charge >= 0.3 is 0 Å². The monoisotopic (exact) mass is 351 g/mol. The second-order valence-electron chi connectivity index (χ2n) is 6.78. The van der Waals surface area contributed by atoms with E-state index in [4.69, 9.17) is 10.2 Å². The second kappa shape index (κ2) is 7.70. The number of amides is 1. The number of nitrogens with one attached hydrogen (secondary N) is 1. The van der Waals surface area contributed by atoms with Crippen molar-refractivity contribution < 1.29 is 9.21 Å². The number of fused-ring (bicyclic) bond motifs is 1. The van der Waals surface area contributed by atoms with Crippen LogP contribution in [0.2, 0.25) is 0 Å². The van der Waals surface area contributed by atoms with E-state index in [2.05, 4.69) is 41.5 Å². The molecule has 3 unspecified atom stereocenters. The summed E-state index contributed by atoms with van der Waals surface area (Å²) in [5, 5.41) is 5.29. The van der Waals surface area contributed by atoms with Crippen LogP contribution in [0.25, 0.3) is 10.8 Å². The van der Waals surface area contributed by atoms with E-state index < -0.39 is 0 Å². The largest absolute Gasteiger partial charge is 0.446 e. The second-order valence-corrected chi connectivity index (χ2v) is 6.78. The van der Waals surface area contributed by atoms with E-state index in [9.17, 15) is 4.79 Å². The number of nitrogens with two attached hydrogens (primary N) is 1. The minimum Gasteiger partial charge on any atom is -0.446 e. The lowest BCUT2D eigenvalue weighted by atomic mass is 10.0. The average molecular weight is 351 g/mol. The smallest absolute Gasteiger partial charge is 0.273 e. The summed E-state index contributed by atoms with van der Waals surface area (Å²) in [5.41, 5.74) is 7.41. The minimum absolute atomic E-state index is 0.143. The van der Waals surface area contributed by atoms with E-state index in [1.807, 2.05) is 32.0 Å². The van der Waals surface area contributed by atoms with Gasteiger partial charge in [-0.3, -0.25) is 4.79 Å². The third kappa shape index (κ3) is 3.78. The molecule has 2 aromatic carbocycles. The van der Waals surface area contributed by atoms with Crippen LogP contribution < -0.4 is 11.1 Å². The Bertz CT molecular complexity index is 903. The highest BCUT2D eigenvalue weighted by Crippen LogP contribution is 2.22. The average Bonchev–Trinajstić information content (AvgIpc) is 3.16. The van der Waals surface area contributed by atoms with Crippen molar-refractivity contribution in [3.8, 4) is 0 Å². The van der Waals surface area contributed by atoms with Crippen LogP contribution in [-0.2, 0) is 0 Å². The highest BCUT2D eigenvalue weighted by molar-refractivity contribution is 5.92. The van der Waals surface area contributed by atoms with E-state index in [1.54, 1.807) is 0 Å². The maximum atomic E-state index is 12.5. The molecular weight excluding hydrogens is 326 g/mol. The molecule has 0 saturated carbocycles. The lowest BCUT2D eigenvalue weighted by Crippen LogP contribution is -2.27. The van der Waals surface area contributed by atoms with Crippen molar-refractivity contribution in [2.24, 2.45) is 11.7 Å². The van der Waals surface area contributed by atoms with E-state index >= 15 is 0 Å². The fourth-order valence-corrected chi connectivity index (χ4v) is 2.87. The number of carbonyl (C=O) groups excluding carboxylic acids is 1. The number of hydrogen-bond donors (Lipinski definition) is 2. The van der Waals surface area contributed by atoms with Crippen LogP contribution in [0.4, 0.5) is 0 Å². The van der Waals surface area contributed by atoms with Gasteiger partial charge in [-0.15, -0.1) is 0 Å². The molecule has 3 atom stereocenters. The lowest BCUT2D eigenvalue weighted by molar-refractivity contribution is 0.0934. The molecule has 5 heteroatoms. The molecule has 0 bridgehead atoms. The van der Waals surface area contributed by atoms with Gasteiger partial charge in [0.15, 0.2) is 5.69 Å². The Kier molecular flexibility index (Phi) is 5.38. The van der Waals surface area contributed by atoms with Crippen LogP contribution in [-0.4, -0.2) is 10.9 Å². The SMILES string of the molecule is CCC(C)C(N)c1nc(C(=O)NC(C)c2ccc3ccccc3c2)co1. The summed E-state index contributed by atoms with van der Waals surface area (Å²) in [5.74, 6) is 0.376. The van der Waals surface area contributed by atoms with Crippen LogP contribution in [0.5, 0.6) is 0 Å². The summed E-state index contributed by atoms with van der Waals surface area (Å²) in [6.07, 6.45) is 2.30. The zero-order valence-corrected chi connectivity index (χ0v) is 15.4. The van der Waals surface area contributed by atoms with Crippen LogP contribution in [0, 0.1) is 5.92 Å². The van der Waals surface area contributed by atoms with Gasteiger partial charge in [0.25, 0.3) is 5.91 Å². The number of carbonyl (C=O) groups is 1. The third-order valence-electron chi connectivity index (χ3n) is 4.92. The molecule has 1 amide bonds. The molecule has 5 nitrogen and oxygen atoms in total. The highest BCUT2D eigenvalue weighted by atomic mass is 16.3. The number of oxazole rings is 1. The van der Waals surface area contributed by atoms with Gasteiger partial charge in [-0.2, -0.15) is 0 Å². The first-order chi connectivity index (χ1) is 12.5. The maximum Gasteiger partial charge on any atom is 0.273 e. The first-order valence-corrected chi connectivity index (χ1v) is 9.00. The van der Waals surface area contributed by atoms with Gasteiger partial charge < -0.3 is 15.5 Å². The molecule has 0 spiro atoms. The van der Waals surface area contributed by atoms with Gasteiger partial charge in [-0.1, -0.05) is 56.7 Å². The Hall–Kier alpha value is -2.66. The summed E-state index contributed by atoms with van der Waals surface area (Å²) in [4.78, 5) is 16.8. The van der Waals surface area contributed by atoms with Gasteiger partial charge in [0.05, 0.1) is 12.1 Å². The molecule has 3 rings (SSSR count). The number of nitrogens with zero attached hydrogens (tertiary/aromatic N) is 1. The summed E-state index contributed by atoms with van der Waals surface area (Å²) in [6, 6.07) is 13.9. The van der Waals surface area contributed by atoms with Gasteiger partial charge in [-0.25, -0.2) is 4.98 Å². The van der Waals surface area contributed by atoms with Crippen LogP contribution in [0.1, 0.15) is 61.2 Å². The normalized spacial score (nSPS) is 14.8. The topological polar surface area (TPSA) is 81.1 Å². The lowest BCUT2D eigenvalue weighted by Gasteiger charge is -2.15. The van der Waals surface area contributed by atoms with E-state index in [1.165, 1.54) is 11.6 Å². The molecule has 0 radical (unpaired) electrons. The van der Waals surface area contributed by atoms with Crippen LogP contribution >= 0.6 is 0 Å².